The van der Waals surface area contributed by atoms with E-state index in [1.165, 1.54) is 5.56 Å². The van der Waals surface area contributed by atoms with Crippen LogP contribution in [0, 0.1) is 6.92 Å². The van der Waals surface area contributed by atoms with Gasteiger partial charge in [-0.05, 0) is 30.7 Å². The first kappa shape index (κ1) is 10.3. The van der Waals surface area contributed by atoms with Crippen molar-refractivity contribution < 1.29 is 0 Å². The monoisotopic (exact) mass is 268 g/mol. The predicted molar refractivity (Wildman–Crippen MR) is 69.7 cm³/mol. The van der Waals surface area contributed by atoms with Gasteiger partial charge < -0.3 is 0 Å². The molecule has 3 aromatic rings. The fourth-order valence-electron chi connectivity index (χ4n) is 1.70. The fraction of sp³-hybridized carbons (Fsp3) is 0.0909. The van der Waals surface area contributed by atoms with E-state index in [2.05, 4.69) is 28.2 Å². The van der Waals surface area contributed by atoms with Gasteiger partial charge in [0.1, 0.15) is 0 Å². The molecule has 0 amide bonds. The van der Waals surface area contributed by atoms with Crippen LogP contribution in [0.15, 0.2) is 18.2 Å². The lowest BCUT2D eigenvalue weighted by molar-refractivity contribution is 1.23. The average molecular weight is 269 g/mol. The highest BCUT2D eigenvalue weighted by Gasteiger charge is 2.11. The molecule has 0 atom stereocenters. The molecule has 0 N–H and O–H groups in total. The third-order valence-electron chi connectivity index (χ3n) is 2.40. The Labute approximate surface area is 106 Å². The molecule has 2 nitrogen and oxygen atoms in total. The Kier molecular flexibility index (Phi) is 2.28. The lowest BCUT2D eigenvalue weighted by Gasteiger charge is -1.95. The van der Waals surface area contributed by atoms with Crippen molar-refractivity contribution in [2.24, 2.45) is 0 Å². The van der Waals surface area contributed by atoms with Crippen LogP contribution in [0.5, 0.6) is 0 Å². The highest BCUT2D eigenvalue weighted by molar-refractivity contribution is 7.26. The van der Waals surface area contributed by atoms with Gasteiger partial charge >= 0.3 is 0 Å². The SMILES string of the molecule is Cc1ccc2sc3c(Cl)nc(Cl)nc3c2c1. The van der Waals surface area contributed by atoms with Crippen molar-refractivity contribution in [2.45, 2.75) is 6.92 Å². The summed E-state index contributed by atoms with van der Waals surface area (Å²) in [5, 5.41) is 1.71. The first-order chi connectivity index (χ1) is 7.65. The van der Waals surface area contributed by atoms with Gasteiger partial charge in [-0.2, -0.15) is 0 Å². The molecule has 0 radical (unpaired) electrons. The molecule has 16 heavy (non-hydrogen) atoms. The van der Waals surface area contributed by atoms with Crippen molar-refractivity contribution >= 4 is 54.8 Å². The molecule has 80 valence electrons. The largest absolute Gasteiger partial charge is 0.224 e. The summed E-state index contributed by atoms with van der Waals surface area (Å²) in [7, 11) is 0. The molecule has 2 heterocycles. The fourth-order valence-corrected chi connectivity index (χ4v) is 3.20. The minimum absolute atomic E-state index is 0.193. The second kappa shape index (κ2) is 3.55. The van der Waals surface area contributed by atoms with E-state index in [1.54, 1.807) is 11.3 Å². The van der Waals surface area contributed by atoms with Gasteiger partial charge in [-0.3, -0.25) is 0 Å². The molecule has 5 heteroatoms. The summed E-state index contributed by atoms with van der Waals surface area (Å²) in [6.07, 6.45) is 0. The lowest BCUT2D eigenvalue weighted by atomic mass is 10.2. The molecule has 0 bridgehead atoms. The molecule has 0 spiro atoms. The summed E-state index contributed by atoms with van der Waals surface area (Å²) in [4.78, 5) is 8.20. The number of hydrogen-bond donors (Lipinski definition) is 0. The van der Waals surface area contributed by atoms with Crippen molar-refractivity contribution in [1.82, 2.24) is 9.97 Å². The molecule has 3 rings (SSSR count). The van der Waals surface area contributed by atoms with Crippen molar-refractivity contribution in [1.29, 1.82) is 0 Å². The smallest absolute Gasteiger partial charge is 0.216 e. The number of rotatable bonds is 0. The van der Waals surface area contributed by atoms with Crippen LogP contribution < -0.4 is 0 Å². The van der Waals surface area contributed by atoms with Gasteiger partial charge in [-0.1, -0.05) is 23.2 Å². The Morgan fingerprint density at radius 1 is 1.19 bits per heavy atom. The van der Waals surface area contributed by atoms with Crippen LogP contribution in [-0.2, 0) is 0 Å². The highest BCUT2D eigenvalue weighted by atomic mass is 35.5. The molecular weight excluding hydrogens is 263 g/mol. The Hall–Kier alpha value is -0.900. The van der Waals surface area contributed by atoms with E-state index in [1.807, 2.05) is 6.92 Å². The number of halogens is 2. The van der Waals surface area contributed by atoms with Crippen molar-refractivity contribution in [2.75, 3.05) is 0 Å². The van der Waals surface area contributed by atoms with Crippen molar-refractivity contribution in [3.63, 3.8) is 0 Å². The first-order valence-corrected chi connectivity index (χ1v) is 6.24. The molecule has 0 saturated carbocycles. The average Bonchev–Trinajstić information content (AvgIpc) is 2.57. The van der Waals surface area contributed by atoms with Crippen LogP contribution >= 0.6 is 34.5 Å². The van der Waals surface area contributed by atoms with Gasteiger partial charge in [0.05, 0.1) is 10.2 Å². The quantitative estimate of drug-likeness (QED) is 0.445. The zero-order chi connectivity index (χ0) is 11.3. The Morgan fingerprint density at radius 2 is 2.00 bits per heavy atom. The first-order valence-electron chi connectivity index (χ1n) is 4.67. The van der Waals surface area contributed by atoms with Crippen LogP contribution in [0.25, 0.3) is 20.3 Å². The van der Waals surface area contributed by atoms with E-state index in [-0.39, 0.29) is 5.28 Å². The van der Waals surface area contributed by atoms with E-state index in [9.17, 15) is 0 Å². The standard InChI is InChI=1S/C11H6Cl2N2S/c1-5-2-3-7-6(4-5)8-9(16-7)10(12)15-11(13)14-8/h2-4H,1H3. The molecule has 0 aliphatic carbocycles. The molecule has 0 aliphatic rings. The highest BCUT2D eigenvalue weighted by Crippen LogP contribution is 2.36. The van der Waals surface area contributed by atoms with Gasteiger partial charge in [-0.25, -0.2) is 9.97 Å². The van der Waals surface area contributed by atoms with Crippen LogP contribution in [-0.4, -0.2) is 9.97 Å². The molecule has 0 fully saturated rings. The molecule has 0 unspecified atom stereocenters. The topological polar surface area (TPSA) is 25.8 Å². The molecular formula is C11H6Cl2N2S. The summed E-state index contributed by atoms with van der Waals surface area (Å²) in [5.74, 6) is 0. The minimum atomic E-state index is 0.193. The van der Waals surface area contributed by atoms with Crippen LogP contribution in [0.2, 0.25) is 10.4 Å². The van der Waals surface area contributed by atoms with Gasteiger partial charge in [0.15, 0.2) is 5.15 Å². The number of fused-ring (bicyclic) bond motifs is 3. The summed E-state index contributed by atoms with van der Waals surface area (Å²) < 4.78 is 2.05. The molecule has 0 saturated heterocycles. The van der Waals surface area contributed by atoms with Crippen molar-refractivity contribution in [3.05, 3.63) is 34.2 Å². The number of benzene rings is 1. The summed E-state index contributed by atoms with van der Waals surface area (Å²) in [6.45, 7) is 2.05. The van der Waals surface area contributed by atoms with Crippen LogP contribution in [0.1, 0.15) is 5.56 Å². The molecule has 0 aliphatic heterocycles. The Bertz CT molecular complexity index is 706. The summed E-state index contributed by atoms with van der Waals surface area (Å²) in [6, 6.07) is 6.23. The lowest BCUT2D eigenvalue weighted by Crippen LogP contribution is -1.82. The van der Waals surface area contributed by atoms with E-state index in [0.29, 0.717) is 5.15 Å². The van der Waals surface area contributed by atoms with E-state index in [0.717, 1.165) is 20.3 Å². The zero-order valence-corrected chi connectivity index (χ0v) is 10.6. The predicted octanol–water partition coefficient (Wildman–Crippen LogP) is 4.46. The number of thiophene rings is 1. The third kappa shape index (κ3) is 1.47. The van der Waals surface area contributed by atoms with Gasteiger partial charge in [0.25, 0.3) is 0 Å². The van der Waals surface area contributed by atoms with Crippen LogP contribution in [0.4, 0.5) is 0 Å². The normalized spacial score (nSPS) is 11.4. The Balaban J connectivity index is 2.57. The van der Waals surface area contributed by atoms with E-state index < -0.39 is 0 Å². The number of aromatic nitrogens is 2. The second-order valence-corrected chi connectivity index (χ2v) is 5.31. The number of hydrogen-bond acceptors (Lipinski definition) is 3. The van der Waals surface area contributed by atoms with Crippen molar-refractivity contribution in [3.8, 4) is 0 Å². The zero-order valence-electron chi connectivity index (χ0n) is 8.29. The maximum Gasteiger partial charge on any atom is 0.224 e. The minimum Gasteiger partial charge on any atom is -0.216 e. The van der Waals surface area contributed by atoms with Gasteiger partial charge in [-0.15, -0.1) is 11.3 Å². The van der Waals surface area contributed by atoms with Gasteiger partial charge in [0.2, 0.25) is 5.28 Å². The number of aryl methyl sites for hydroxylation is 1. The van der Waals surface area contributed by atoms with E-state index >= 15 is 0 Å². The maximum atomic E-state index is 6.05. The second-order valence-electron chi connectivity index (χ2n) is 3.56. The molecule has 2 aromatic heterocycles. The summed E-state index contributed by atoms with van der Waals surface area (Å²) >= 11 is 13.5. The van der Waals surface area contributed by atoms with Crippen LogP contribution in [0.3, 0.4) is 0 Å². The Morgan fingerprint density at radius 3 is 2.81 bits per heavy atom. The summed E-state index contributed by atoms with van der Waals surface area (Å²) in [5.41, 5.74) is 2.03. The third-order valence-corrected chi connectivity index (χ3v) is 4.12. The van der Waals surface area contributed by atoms with E-state index in [4.69, 9.17) is 23.2 Å². The van der Waals surface area contributed by atoms with Gasteiger partial charge in [0, 0.05) is 10.1 Å². The molecule has 1 aromatic carbocycles. The number of nitrogens with zero attached hydrogens (tertiary/aromatic N) is 2. The maximum absolute atomic E-state index is 6.05.